The first-order valence-electron chi connectivity index (χ1n) is 7.69. The Hall–Kier alpha value is -2.48. The van der Waals surface area contributed by atoms with Gasteiger partial charge in [0.25, 0.3) is 5.91 Å². The molecule has 2 heterocycles. The molecule has 0 spiro atoms. The zero-order valence-corrected chi connectivity index (χ0v) is 15.4. The Morgan fingerprint density at radius 3 is 2.56 bits per heavy atom. The minimum Gasteiger partial charge on any atom is -0.347 e. The number of nitrogens with one attached hydrogen (secondary N) is 1. The van der Waals surface area contributed by atoms with Crippen LogP contribution in [0, 0.1) is 19.7 Å². The molecule has 6 nitrogen and oxygen atoms in total. The van der Waals surface area contributed by atoms with Crippen molar-refractivity contribution < 1.29 is 9.18 Å². The van der Waals surface area contributed by atoms with E-state index in [0.29, 0.717) is 18.9 Å². The van der Waals surface area contributed by atoms with Crippen molar-refractivity contribution >= 4 is 21.8 Å². The lowest BCUT2D eigenvalue weighted by molar-refractivity contribution is 0.0945. The number of nitrogens with zero attached hydrogens (tertiary/aromatic N) is 4. The highest BCUT2D eigenvalue weighted by atomic mass is 79.9. The zero-order valence-electron chi connectivity index (χ0n) is 13.8. The lowest BCUT2D eigenvalue weighted by Crippen LogP contribution is -2.23. The average Bonchev–Trinajstić information content (AvgIpc) is 3.16. The van der Waals surface area contributed by atoms with Crippen molar-refractivity contribution in [3.8, 4) is 0 Å². The van der Waals surface area contributed by atoms with E-state index in [1.54, 1.807) is 29.1 Å². The SMILES string of the molecule is Cc1nn(Cn2ccc(C(=O)NCc3ccc(F)cc3)n2)c(C)c1Br. The maximum atomic E-state index is 12.9. The molecule has 25 heavy (non-hydrogen) atoms. The summed E-state index contributed by atoms with van der Waals surface area (Å²) in [6.45, 7) is 4.62. The van der Waals surface area contributed by atoms with Crippen molar-refractivity contribution in [2.75, 3.05) is 0 Å². The Bertz CT molecular complexity index is 900. The molecule has 0 aliphatic rings. The number of rotatable bonds is 5. The van der Waals surface area contributed by atoms with Crippen LogP contribution in [0.1, 0.15) is 27.4 Å². The van der Waals surface area contributed by atoms with Crippen LogP contribution in [0.5, 0.6) is 0 Å². The highest BCUT2D eigenvalue weighted by Gasteiger charge is 2.12. The van der Waals surface area contributed by atoms with Gasteiger partial charge in [-0.25, -0.2) is 9.07 Å². The van der Waals surface area contributed by atoms with Crippen LogP contribution < -0.4 is 5.32 Å². The molecule has 130 valence electrons. The van der Waals surface area contributed by atoms with Crippen LogP contribution in [0.2, 0.25) is 0 Å². The Morgan fingerprint density at radius 1 is 1.20 bits per heavy atom. The highest BCUT2D eigenvalue weighted by molar-refractivity contribution is 9.10. The molecule has 0 saturated carbocycles. The molecule has 1 N–H and O–H groups in total. The summed E-state index contributed by atoms with van der Waals surface area (Å²) in [6, 6.07) is 7.65. The average molecular weight is 406 g/mol. The Balaban J connectivity index is 1.63. The van der Waals surface area contributed by atoms with Gasteiger partial charge in [0.1, 0.15) is 18.2 Å². The minimum absolute atomic E-state index is 0.280. The topological polar surface area (TPSA) is 64.7 Å². The third-order valence-electron chi connectivity index (χ3n) is 3.81. The summed E-state index contributed by atoms with van der Waals surface area (Å²) in [5, 5.41) is 11.5. The maximum absolute atomic E-state index is 12.9. The van der Waals surface area contributed by atoms with Gasteiger partial charge in [0.2, 0.25) is 0 Å². The van der Waals surface area contributed by atoms with Crippen molar-refractivity contribution in [2.24, 2.45) is 0 Å². The van der Waals surface area contributed by atoms with Crippen LogP contribution in [0.4, 0.5) is 4.39 Å². The second-order valence-electron chi connectivity index (χ2n) is 5.68. The second-order valence-corrected chi connectivity index (χ2v) is 6.47. The standard InChI is InChI=1S/C17H17BrFN5O/c1-11-16(18)12(2)24(21-11)10-23-8-7-15(22-23)17(25)20-9-13-3-5-14(19)6-4-13/h3-8H,9-10H2,1-2H3,(H,20,25). The van der Waals surface area contributed by atoms with Crippen LogP contribution in [-0.4, -0.2) is 25.5 Å². The molecule has 0 saturated heterocycles. The summed E-state index contributed by atoms with van der Waals surface area (Å²) in [7, 11) is 0. The molecule has 1 amide bonds. The molecular formula is C17H17BrFN5O. The molecule has 0 bridgehead atoms. The van der Waals surface area contributed by atoms with E-state index >= 15 is 0 Å². The number of benzene rings is 1. The molecule has 0 aliphatic heterocycles. The van der Waals surface area contributed by atoms with E-state index in [2.05, 4.69) is 31.4 Å². The van der Waals surface area contributed by atoms with Gasteiger partial charge in [-0.2, -0.15) is 10.2 Å². The maximum Gasteiger partial charge on any atom is 0.272 e. The van der Waals surface area contributed by atoms with Gasteiger partial charge in [-0.3, -0.25) is 9.48 Å². The van der Waals surface area contributed by atoms with Crippen molar-refractivity contribution in [3.63, 3.8) is 0 Å². The molecule has 0 unspecified atom stereocenters. The lowest BCUT2D eigenvalue weighted by atomic mass is 10.2. The van der Waals surface area contributed by atoms with E-state index in [4.69, 9.17) is 0 Å². The second kappa shape index (κ2) is 7.18. The van der Waals surface area contributed by atoms with Crippen molar-refractivity contribution in [1.82, 2.24) is 24.9 Å². The fraction of sp³-hybridized carbons (Fsp3) is 0.235. The number of hydrogen-bond acceptors (Lipinski definition) is 3. The molecular weight excluding hydrogens is 389 g/mol. The summed E-state index contributed by atoms with van der Waals surface area (Å²) in [5.41, 5.74) is 3.04. The fourth-order valence-electron chi connectivity index (χ4n) is 2.39. The molecule has 0 radical (unpaired) electrons. The van der Waals surface area contributed by atoms with Gasteiger partial charge in [0.15, 0.2) is 0 Å². The smallest absolute Gasteiger partial charge is 0.272 e. The monoisotopic (exact) mass is 405 g/mol. The Kier molecular flexibility index (Phi) is 4.98. The fourth-order valence-corrected chi connectivity index (χ4v) is 2.67. The molecule has 8 heteroatoms. The van der Waals surface area contributed by atoms with Crippen LogP contribution in [-0.2, 0) is 13.2 Å². The van der Waals surface area contributed by atoms with E-state index in [1.807, 2.05) is 18.5 Å². The van der Waals surface area contributed by atoms with E-state index < -0.39 is 0 Å². The molecule has 3 rings (SSSR count). The summed E-state index contributed by atoms with van der Waals surface area (Å²) >= 11 is 3.49. The predicted octanol–water partition coefficient (Wildman–Crippen LogP) is 3.03. The number of amides is 1. The number of aromatic nitrogens is 4. The summed E-state index contributed by atoms with van der Waals surface area (Å²) in [4.78, 5) is 12.2. The van der Waals surface area contributed by atoms with Gasteiger partial charge in [-0.15, -0.1) is 0 Å². The zero-order chi connectivity index (χ0) is 18.0. The van der Waals surface area contributed by atoms with E-state index in [9.17, 15) is 9.18 Å². The van der Waals surface area contributed by atoms with Crippen LogP contribution in [0.15, 0.2) is 41.0 Å². The Morgan fingerprint density at radius 2 is 1.92 bits per heavy atom. The molecule has 3 aromatic rings. The number of aryl methyl sites for hydroxylation is 1. The Labute approximate surface area is 152 Å². The molecule has 0 fully saturated rings. The van der Waals surface area contributed by atoms with Crippen molar-refractivity contribution in [3.05, 3.63) is 69.5 Å². The molecule has 0 aliphatic carbocycles. The third kappa shape index (κ3) is 3.96. The first-order valence-corrected chi connectivity index (χ1v) is 8.49. The largest absolute Gasteiger partial charge is 0.347 e. The summed E-state index contributed by atoms with van der Waals surface area (Å²) < 4.78 is 17.3. The van der Waals surface area contributed by atoms with E-state index in [0.717, 1.165) is 21.4 Å². The first kappa shape index (κ1) is 17.3. The van der Waals surface area contributed by atoms with Crippen LogP contribution >= 0.6 is 15.9 Å². The number of carbonyl (C=O) groups excluding carboxylic acids is 1. The van der Waals surface area contributed by atoms with E-state index in [-0.39, 0.29) is 11.7 Å². The number of carbonyl (C=O) groups is 1. The van der Waals surface area contributed by atoms with E-state index in [1.165, 1.54) is 12.1 Å². The summed E-state index contributed by atoms with van der Waals surface area (Å²) in [5.74, 6) is -0.581. The highest BCUT2D eigenvalue weighted by Crippen LogP contribution is 2.19. The first-order chi connectivity index (χ1) is 11.9. The molecule has 0 atom stereocenters. The lowest BCUT2D eigenvalue weighted by Gasteiger charge is -2.05. The predicted molar refractivity (Wildman–Crippen MR) is 94.6 cm³/mol. The molecule has 2 aromatic heterocycles. The van der Waals surface area contributed by atoms with Crippen LogP contribution in [0.25, 0.3) is 0 Å². The quantitative estimate of drug-likeness (QED) is 0.709. The van der Waals surface area contributed by atoms with Gasteiger partial charge >= 0.3 is 0 Å². The van der Waals surface area contributed by atoms with Crippen molar-refractivity contribution in [1.29, 1.82) is 0 Å². The number of halogens is 2. The number of hydrogen-bond donors (Lipinski definition) is 1. The van der Waals surface area contributed by atoms with Crippen LogP contribution in [0.3, 0.4) is 0 Å². The van der Waals surface area contributed by atoms with Gasteiger partial charge in [-0.1, -0.05) is 12.1 Å². The molecule has 1 aromatic carbocycles. The minimum atomic E-state index is -0.301. The van der Waals surface area contributed by atoms with Gasteiger partial charge in [0, 0.05) is 12.7 Å². The normalized spacial score (nSPS) is 10.9. The van der Waals surface area contributed by atoms with Crippen molar-refractivity contribution in [2.45, 2.75) is 27.1 Å². The third-order valence-corrected chi connectivity index (χ3v) is 4.96. The van der Waals surface area contributed by atoms with Gasteiger partial charge in [0.05, 0.1) is 15.9 Å². The summed E-state index contributed by atoms with van der Waals surface area (Å²) in [6.07, 6.45) is 1.73. The van der Waals surface area contributed by atoms with Gasteiger partial charge < -0.3 is 5.32 Å². The van der Waals surface area contributed by atoms with Gasteiger partial charge in [-0.05, 0) is 53.5 Å².